The maximum atomic E-state index is 10.6. The van der Waals surface area contributed by atoms with Gasteiger partial charge in [0.25, 0.3) is 0 Å². The average Bonchev–Trinajstić information content (AvgIpc) is 2.63. The number of aryl methyl sites for hydroxylation is 1. The molecule has 80 valence electrons. The lowest BCUT2D eigenvalue weighted by molar-refractivity contribution is 0.0691. The Morgan fingerprint density at radius 3 is 2.67 bits per heavy atom. The summed E-state index contributed by atoms with van der Waals surface area (Å²) in [5, 5.41) is 8.70. The predicted octanol–water partition coefficient (Wildman–Crippen LogP) is 2.60. The topological polar surface area (TPSA) is 66.0 Å². The summed E-state index contributed by atoms with van der Waals surface area (Å²) in [6.07, 6.45) is 1.81. The van der Waals surface area contributed by atoms with E-state index in [1.165, 1.54) is 6.07 Å². The first-order chi connectivity index (χ1) is 7.18. The molecule has 0 fully saturated rings. The number of nitrogens with zero attached hydrogens (tertiary/aromatic N) is 1. The molecule has 0 aromatic carbocycles. The second-order valence-electron chi connectivity index (χ2n) is 2.87. The first-order valence-corrected chi connectivity index (χ1v) is 4.86. The van der Waals surface area contributed by atoms with Crippen LogP contribution < -0.4 is 0 Å². The van der Waals surface area contributed by atoms with Crippen molar-refractivity contribution in [2.75, 3.05) is 0 Å². The van der Waals surface area contributed by atoms with Crippen molar-refractivity contribution in [1.82, 2.24) is 9.97 Å². The average molecular weight is 206 g/mol. The number of hydrogen-bond acceptors (Lipinski definition) is 2. The smallest absolute Gasteiger partial charge is 0.354 e. The molecule has 0 atom stereocenters. The Morgan fingerprint density at radius 2 is 2.07 bits per heavy atom. The van der Waals surface area contributed by atoms with E-state index in [4.69, 9.17) is 5.11 Å². The number of carboxylic acid groups (broad SMARTS) is 1. The van der Waals surface area contributed by atoms with Gasteiger partial charge in [-0.25, -0.2) is 9.78 Å². The number of fused-ring (bicyclic) bond motifs is 1. The van der Waals surface area contributed by atoms with Crippen molar-refractivity contribution in [2.45, 2.75) is 20.8 Å². The lowest BCUT2D eigenvalue weighted by Crippen LogP contribution is -1.99. The molecular formula is C11H14N2O2. The van der Waals surface area contributed by atoms with E-state index >= 15 is 0 Å². The molecular weight excluding hydrogens is 192 g/mol. The normalized spacial score (nSPS) is 9.53. The highest BCUT2D eigenvalue weighted by Crippen LogP contribution is 2.14. The second kappa shape index (κ2) is 4.59. The van der Waals surface area contributed by atoms with Gasteiger partial charge in [0.05, 0.1) is 11.0 Å². The quantitative estimate of drug-likeness (QED) is 0.753. The standard InChI is InChI=1S/C9H8N2O2.C2H6/c1-5-4-10-6-2-3-7(9(12)13)11-8(5)6;1-2/h2-4,10H,1H3,(H,12,13);1-2H3. The molecule has 2 aromatic heterocycles. The molecule has 2 N–H and O–H groups in total. The molecule has 2 rings (SSSR count). The maximum Gasteiger partial charge on any atom is 0.354 e. The van der Waals surface area contributed by atoms with Crippen molar-refractivity contribution >= 4 is 17.0 Å². The predicted molar refractivity (Wildman–Crippen MR) is 59.1 cm³/mol. The third-order valence-corrected chi connectivity index (χ3v) is 1.93. The lowest BCUT2D eigenvalue weighted by atomic mass is 10.2. The van der Waals surface area contributed by atoms with Crippen molar-refractivity contribution < 1.29 is 9.90 Å². The zero-order valence-electron chi connectivity index (χ0n) is 9.03. The minimum Gasteiger partial charge on any atom is -0.477 e. The first kappa shape index (κ1) is 11.2. The third kappa shape index (κ3) is 2.15. The molecule has 0 aliphatic carbocycles. The molecule has 0 bridgehead atoms. The third-order valence-electron chi connectivity index (χ3n) is 1.93. The van der Waals surface area contributed by atoms with Gasteiger partial charge < -0.3 is 10.1 Å². The van der Waals surface area contributed by atoms with Crippen molar-refractivity contribution in [3.05, 3.63) is 29.6 Å². The highest BCUT2D eigenvalue weighted by molar-refractivity contribution is 5.89. The summed E-state index contributed by atoms with van der Waals surface area (Å²) in [6, 6.07) is 3.21. The molecule has 0 aliphatic heterocycles. The summed E-state index contributed by atoms with van der Waals surface area (Å²) in [5.74, 6) is -0.998. The Hall–Kier alpha value is -1.84. The van der Waals surface area contributed by atoms with Crippen molar-refractivity contribution in [1.29, 1.82) is 0 Å². The lowest BCUT2D eigenvalue weighted by Gasteiger charge is -1.94. The Bertz CT molecular complexity index is 474. The van der Waals surface area contributed by atoms with Crippen LogP contribution in [0.3, 0.4) is 0 Å². The number of rotatable bonds is 1. The van der Waals surface area contributed by atoms with E-state index in [0.717, 1.165) is 16.6 Å². The fraction of sp³-hybridized carbons (Fsp3) is 0.273. The van der Waals surface area contributed by atoms with E-state index in [2.05, 4.69) is 9.97 Å². The number of pyridine rings is 1. The van der Waals surface area contributed by atoms with Gasteiger partial charge in [0.15, 0.2) is 0 Å². The van der Waals surface area contributed by atoms with Gasteiger partial charge in [-0.3, -0.25) is 0 Å². The summed E-state index contributed by atoms with van der Waals surface area (Å²) >= 11 is 0. The fourth-order valence-electron chi connectivity index (χ4n) is 1.25. The number of carboxylic acids is 1. The van der Waals surface area contributed by atoms with Gasteiger partial charge >= 0.3 is 5.97 Å². The van der Waals surface area contributed by atoms with Gasteiger partial charge in [0.1, 0.15) is 5.69 Å². The van der Waals surface area contributed by atoms with Gasteiger partial charge in [-0.15, -0.1) is 0 Å². The van der Waals surface area contributed by atoms with E-state index in [1.807, 2.05) is 27.0 Å². The van der Waals surface area contributed by atoms with Crippen LogP contribution >= 0.6 is 0 Å². The summed E-state index contributed by atoms with van der Waals surface area (Å²) in [6.45, 7) is 5.89. The van der Waals surface area contributed by atoms with Gasteiger partial charge in [-0.05, 0) is 24.6 Å². The van der Waals surface area contributed by atoms with Crippen LogP contribution in [-0.2, 0) is 0 Å². The second-order valence-corrected chi connectivity index (χ2v) is 2.87. The van der Waals surface area contributed by atoms with Crippen LogP contribution in [0.1, 0.15) is 29.9 Å². The summed E-state index contributed by atoms with van der Waals surface area (Å²) in [4.78, 5) is 17.6. The van der Waals surface area contributed by atoms with Crippen LogP contribution in [0.2, 0.25) is 0 Å². The molecule has 2 aromatic rings. The first-order valence-electron chi connectivity index (χ1n) is 4.86. The fourth-order valence-corrected chi connectivity index (χ4v) is 1.25. The molecule has 15 heavy (non-hydrogen) atoms. The Balaban J connectivity index is 0.000000531. The number of aromatic nitrogens is 2. The van der Waals surface area contributed by atoms with Crippen LogP contribution in [-0.4, -0.2) is 21.0 Å². The Morgan fingerprint density at radius 1 is 1.40 bits per heavy atom. The van der Waals surface area contributed by atoms with Crippen molar-refractivity contribution in [2.24, 2.45) is 0 Å². The molecule has 0 radical (unpaired) electrons. The SMILES string of the molecule is CC.Cc1c[nH]c2ccc(C(=O)O)nc12. The van der Waals surface area contributed by atoms with Crippen LogP contribution in [0.25, 0.3) is 11.0 Å². The Kier molecular flexibility index (Phi) is 3.44. The van der Waals surface area contributed by atoms with Crippen molar-refractivity contribution in [3.8, 4) is 0 Å². The maximum absolute atomic E-state index is 10.6. The molecule has 0 spiro atoms. The van der Waals surface area contributed by atoms with E-state index in [1.54, 1.807) is 6.07 Å². The van der Waals surface area contributed by atoms with E-state index < -0.39 is 5.97 Å². The highest BCUT2D eigenvalue weighted by atomic mass is 16.4. The highest BCUT2D eigenvalue weighted by Gasteiger charge is 2.07. The van der Waals surface area contributed by atoms with Crippen molar-refractivity contribution in [3.63, 3.8) is 0 Å². The van der Waals surface area contributed by atoms with Crippen LogP contribution in [0.4, 0.5) is 0 Å². The van der Waals surface area contributed by atoms with Gasteiger partial charge in [0, 0.05) is 6.20 Å². The zero-order chi connectivity index (χ0) is 11.4. The molecule has 0 amide bonds. The zero-order valence-corrected chi connectivity index (χ0v) is 9.03. The molecule has 0 saturated heterocycles. The van der Waals surface area contributed by atoms with E-state index in [9.17, 15) is 4.79 Å². The van der Waals surface area contributed by atoms with Gasteiger partial charge in [0.2, 0.25) is 0 Å². The molecule has 0 saturated carbocycles. The molecule has 0 aliphatic rings. The van der Waals surface area contributed by atoms with Gasteiger partial charge in [-0.1, -0.05) is 13.8 Å². The van der Waals surface area contributed by atoms with Crippen LogP contribution in [0.5, 0.6) is 0 Å². The monoisotopic (exact) mass is 206 g/mol. The van der Waals surface area contributed by atoms with Crippen LogP contribution in [0, 0.1) is 6.92 Å². The van der Waals surface area contributed by atoms with Gasteiger partial charge in [-0.2, -0.15) is 0 Å². The number of carbonyl (C=O) groups is 1. The number of aromatic amines is 1. The molecule has 2 heterocycles. The number of hydrogen-bond donors (Lipinski definition) is 2. The summed E-state index contributed by atoms with van der Waals surface area (Å²) in [5.41, 5.74) is 2.62. The molecule has 4 nitrogen and oxygen atoms in total. The number of aromatic carboxylic acids is 1. The minimum absolute atomic E-state index is 0.0789. The number of nitrogens with one attached hydrogen (secondary N) is 1. The summed E-state index contributed by atoms with van der Waals surface area (Å²) < 4.78 is 0. The summed E-state index contributed by atoms with van der Waals surface area (Å²) in [7, 11) is 0. The molecule has 0 unspecified atom stereocenters. The van der Waals surface area contributed by atoms with E-state index in [0.29, 0.717) is 0 Å². The minimum atomic E-state index is -0.998. The van der Waals surface area contributed by atoms with E-state index in [-0.39, 0.29) is 5.69 Å². The Labute approximate surface area is 88.0 Å². The largest absolute Gasteiger partial charge is 0.477 e. The number of H-pyrrole nitrogens is 1. The van der Waals surface area contributed by atoms with Crippen LogP contribution in [0.15, 0.2) is 18.3 Å². The molecule has 4 heteroatoms.